The molecule has 0 unspecified atom stereocenters. The summed E-state index contributed by atoms with van der Waals surface area (Å²) in [5.74, 6) is 1.000. The van der Waals surface area contributed by atoms with E-state index >= 15 is 0 Å². The van der Waals surface area contributed by atoms with Gasteiger partial charge in [0.1, 0.15) is 0 Å². The molecule has 1 saturated carbocycles. The van der Waals surface area contributed by atoms with Crippen LogP contribution in [0.1, 0.15) is 55.6 Å². The van der Waals surface area contributed by atoms with Crippen molar-refractivity contribution in [2.24, 2.45) is 5.92 Å². The number of carbonyl (C=O) groups excluding carboxylic acids is 1. The molecular weight excluding hydrogens is 488 g/mol. The molecule has 0 aliphatic heterocycles. The Kier molecular flexibility index (Phi) is 9.40. The lowest BCUT2D eigenvalue weighted by molar-refractivity contribution is 0.209. The van der Waals surface area contributed by atoms with Crippen LogP contribution in [0.25, 0.3) is 10.2 Å². The first-order valence-electron chi connectivity index (χ1n) is 14.0. The van der Waals surface area contributed by atoms with Gasteiger partial charge in [-0.1, -0.05) is 103 Å². The maximum Gasteiger partial charge on any atom is 0.323 e. The van der Waals surface area contributed by atoms with Crippen LogP contribution in [0, 0.1) is 5.92 Å². The summed E-state index contributed by atoms with van der Waals surface area (Å²) >= 11 is 1.52. The van der Waals surface area contributed by atoms with Crippen molar-refractivity contribution in [2.45, 2.75) is 44.4 Å². The van der Waals surface area contributed by atoms with Crippen LogP contribution in [0.2, 0.25) is 0 Å². The summed E-state index contributed by atoms with van der Waals surface area (Å²) in [5, 5.41) is 7.39. The second kappa shape index (κ2) is 13.5. The van der Waals surface area contributed by atoms with Crippen LogP contribution >= 0.6 is 11.3 Å². The van der Waals surface area contributed by atoms with Gasteiger partial charge < -0.3 is 10.2 Å². The molecule has 4 aromatic rings. The molecule has 5 rings (SSSR count). The zero-order valence-corrected chi connectivity index (χ0v) is 22.8. The van der Waals surface area contributed by atoms with E-state index < -0.39 is 0 Å². The number of hydrogen-bond acceptors (Lipinski definition) is 4. The van der Waals surface area contributed by atoms with Gasteiger partial charge in [0.15, 0.2) is 5.13 Å². The molecule has 2 N–H and O–H groups in total. The van der Waals surface area contributed by atoms with Crippen LogP contribution in [0.3, 0.4) is 0 Å². The Morgan fingerprint density at radius 2 is 1.53 bits per heavy atom. The van der Waals surface area contributed by atoms with Crippen LogP contribution in [-0.4, -0.2) is 42.1 Å². The summed E-state index contributed by atoms with van der Waals surface area (Å²) in [5.41, 5.74) is 3.48. The minimum Gasteiger partial charge on any atom is -0.323 e. The zero-order valence-electron chi connectivity index (χ0n) is 22.0. The number of urea groups is 1. The van der Waals surface area contributed by atoms with Gasteiger partial charge >= 0.3 is 6.03 Å². The van der Waals surface area contributed by atoms with Gasteiger partial charge in [0.25, 0.3) is 0 Å². The number of aromatic nitrogens is 1. The number of rotatable bonds is 11. The largest absolute Gasteiger partial charge is 0.323 e. The first-order chi connectivity index (χ1) is 18.8. The number of hydrogen-bond donors (Lipinski definition) is 2. The highest BCUT2D eigenvalue weighted by Gasteiger charge is 2.20. The predicted molar refractivity (Wildman–Crippen MR) is 159 cm³/mol. The van der Waals surface area contributed by atoms with Crippen LogP contribution in [0.5, 0.6) is 0 Å². The van der Waals surface area contributed by atoms with E-state index in [9.17, 15) is 4.79 Å². The third-order valence-electron chi connectivity index (χ3n) is 7.60. The molecule has 38 heavy (non-hydrogen) atoms. The number of carbonyl (C=O) groups is 1. The first kappa shape index (κ1) is 26.4. The molecule has 2 amide bonds. The minimum atomic E-state index is -0.0802. The van der Waals surface area contributed by atoms with Crippen molar-refractivity contribution in [1.29, 1.82) is 0 Å². The molecule has 1 fully saturated rings. The lowest BCUT2D eigenvalue weighted by atomic mass is 9.88. The Morgan fingerprint density at radius 3 is 2.21 bits per heavy atom. The van der Waals surface area contributed by atoms with E-state index in [-0.39, 0.29) is 11.9 Å². The summed E-state index contributed by atoms with van der Waals surface area (Å²) in [6.07, 6.45) is 7.58. The lowest BCUT2D eigenvalue weighted by Gasteiger charge is -2.27. The summed E-state index contributed by atoms with van der Waals surface area (Å²) in [4.78, 5) is 20.1. The van der Waals surface area contributed by atoms with Gasteiger partial charge in [-0.15, -0.1) is 0 Å². The highest BCUT2D eigenvalue weighted by atomic mass is 32.1. The molecule has 0 spiro atoms. The van der Waals surface area contributed by atoms with Crippen molar-refractivity contribution in [3.63, 3.8) is 0 Å². The average Bonchev–Trinajstić information content (AvgIpc) is 3.38. The van der Waals surface area contributed by atoms with Crippen molar-refractivity contribution >= 4 is 32.7 Å². The topological polar surface area (TPSA) is 57.3 Å². The summed E-state index contributed by atoms with van der Waals surface area (Å²) < 4.78 is 1.08. The fourth-order valence-electron chi connectivity index (χ4n) is 5.50. The highest BCUT2D eigenvalue weighted by molar-refractivity contribution is 7.22. The van der Waals surface area contributed by atoms with E-state index in [0.717, 1.165) is 35.6 Å². The van der Waals surface area contributed by atoms with Crippen molar-refractivity contribution in [2.75, 3.05) is 31.5 Å². The van der Waals surface area contributed by atoms with Crippen molar-refractivity contribution in [3.8, 4) is 0 Å². The van der Waals surface area contributed by atoms with Gasteiger partial charge in [0.2, 0.25) is 0 Å². The Balaban J connectivity index is 1.27. The molecule has 6 heteroatoms. The van der Waals surface area contributed by atoms with Crippen LogP contribution in [0.15, 0.2) is 84.9 Å². The standard InChI is InChI=1S/C32H38N4OS/c37-32(35-31-34-29-18-10-11-19-30(29)38-31)36(23-21-33-24-25-12-4-1-5-13-25)22-20-28(26-14-6-2-7-15-26)27-16-8-3-9-17-27/h2-3,6-11,14-19,25,28,33H,1,4-5,12-13,20-24H2,(H,34,35,37). The Hall–Kier alpha value is -3.22. The smallest absolute Gasteiger partial charge is 0.323 e. The second-order valence-corrected chi connectivity index (χ2v) is 11.3. The third-order valence-corrected chi connectivity index (χ3v) is 8.55. The predicted octanol–water partition coefficient (Wildman–Crippen LogP) is 7.52. The third kappa shape index (κ3) is 7.21. The van der Waals surface area contributed by atoms with E-state index in [4.69, 9.17) is 0 Å². The quantitative estimate of drug-likeness (QED) is 0.199. The molecule has 3 aromatic carbocycles. The molecule has 5 nitrogen and oxygen atoms in total. The summed E-state index contributed by atoms with van der Waals surface area (Å²) in [6, 6.07) is 29.2. The Bertz CT molecular complexity index is 1200. The van der Waals surface area contributed by atoms with Gasteiger partial charge in [-0.2, -0.15) is 0 Å². The normalized spacial score (nSPS) is 14.1. The number of nitrogens with one attached hydrogen (secondary N) is 2. The van der Waals surface area contributed by atoms with Crippen LogP contribution < -0.4 is 10.6 Å². The Labute approximate surface area is 230 Å². The fourth-order valence-corrected chi connectivity index (χ4v) is 6.36. The van der Waals surface area contributed by atoms with Crippen molar-refractivity contribution in [1.82, 2.24) is 15.2 Å². The maximum absolute atomic E-state index is 13.5. The average molecular weight is 527 g/mol. The summed E-state index contributed by atoms with van der Waals surface area (Å²) in [7, 11) is 0. The van der Waals surface area contributed by atoms with Crippen molar-refractivity contribution in [3.05, 3.63) is 96.1 Å². The number of fused-ring (bicyclic) bond motifs is 1. The summed E-state index contributed by atoms with van der Waals surface area (Å²) in [6.45, 7) is 3.17. The highest BCUT2D eigenvalue weighted by Crippen LogP contribution is 2.29. The van der Waals surface area contributed by atoms with E-state index in [0.29, 0.717) is 18.2 Å². The van der Waals surface area contributed by atoms with Gasteiger partial charge in [0.05, 0.1) is 10.2 Å². The number of benzene rings is 3. The number of thiazole rings is 1. The van der Waals surface area contributed by atoms with E-state index in [1.807, 2.05) is 29.2 Å². The van der Waals surface area contributed by atoms with Crippen molar-refractivity contribution < 1.29 is 4.79 Å². The van der Waals surface area contributed by atoms with E-state index in [2.05, 4.69) is 76.3 Å². The molecule has 0 bridgehead atoms. The van der Waals surface area contributed by atoms with Gasteiger partial charge in [0, 0.05) is 25.6 Å². The van der Waals surface area contributed by atoms with Crippen LogP contribution in [0.4, 0.5) is 9.93 Å². The second-order valence-electron chi connectivity index (χ2n) is 10.3. The van der Waals surface area contributed by atoms with Gasteiger partial charge in [-0.05, 0) is 55.0 Å². The number of amides is 2. The van der Waals surface area contributed by atoms with E-state index in [1.54, 1.807) is 0 Å². The SMILES string of the molecule is O=C(Nc1nc2ccccc2s1)N(CCNCC1CCCCC1)CCC(c1ccccc1)c1ccccc1. The number of para-hydroxylation sites is 1. The van der Waals surface area contributed by atoms with Crippen LogP contribution in [-0.2, 0) is 0 Å². The molecule has 198 valence electrons. The fraction of sp³-hybridized carbons (Fsp3) is 0.375. The monoisotopic (exact) mass is 526 g/mol. The molecule has 0 radical (unpaired) electrons. The molecular formula is C32H38N4OS. The van der Waals surface area contributed by atoms with Gasteiger partial charge in [-0.25, -0.2) is 9.78 Å². The molecule has 1 aliphatic rings. The number of nitrogens with zero attached hydrogens (tertiary/aromatic N) is 2. The number of anilines is 1. The molecule has 1 heterocycles. The lowest BCUT2D eigenvalue weighted by Crippen LogP contribution is -2.41. The minimum absolute atomic E-state index is 0.0802. The Morgan fingerprint density at radius 1 is 0.868 bits per heavy atom. The first-order valence-corrected chi connectivity index (χ1v) is 14.8. The molecule has 1 aliphatic carbocycles. The molecule has 1 aromatic heterocycles. The zero-order chi connectivity index (χ0) is 26.0. The molecule has 0 saturated heterocycles. The van der Waals surface area contributed by atoms with Gasteiger partial charge in [-0.3, -0.25) is 5.32 Å². The maximum atomic E-state index is 13.5. The van der Waals surface area contributed by atoms with E-state index in [1.165, 1.54) is 54.6 Å². The molecule has 0 atom stereocenters.